The van der Waals surface area contributed by atoms with Crippen LogP contribution in [0.2, 0.25) is 0 Å². The molecular weight excluding hydrogens is 707 g/mol. The summed E-state index contributed by atoms with van der Waals surface area (Å²) in [5.74, 6) is -3.01. The van der Waals surface area contributed by atoms with E-state index in [1.807, 2.05) is 45.8 Å². The Morgan fingerprint density at radius 2 is 1.75 bits per heavy atom. The molecule has 3 aromatic heterocycles. The number of thiophene rings is 2. The number of carboxylic acid groups (broad SMARTS) is 1. The Morgan fingerprint density at radius 1 is 1.02 bits per heavy atom. The number of carbonyl (C=O) groups excluding carboxylic acids is 3. The van der Waals surface area contributed by atoms with Crippen molar-refractivity contribution in [3.63, 3.8) is 0 Å². The van der Waals surface area contributed by atoms with Crippen molar-refractivity contribution in [3.05, 3.63) is 62.4 Å². The molecule has 2 aliphatic carbocycles. The Balaban J connectivity index is 1.24. The average molecular weight is 750 g/mol. The van der Waals surface area contributed by atoms with Crippen molar-refractivity contribution in [2.24, 2.45) is 5.92 Å². The normalized spacial score (nSPS) is 28.1. The fourth-order valence-electron chi connectivity index (χ4n) is 7.98. The molecule has 4 N–H and O–H groups in total. The zero-order valence-corrected chi connectivity index (χ0v) is 30.3. The number of aromatic nitrogens is 2. The molecule has 5 heterocycles. The number of hydrogen-bond acceptors (Lipinski definition) is 10. The smallest absolute Gasteiger partial charge is 0.408 e. The van der Waals surface area contributed by atoms with E-state index in [4.69, 9.17) is 4.74 Å². The largest absolute Gasteiger partial charge is 0.479 e. The van der Waals surface area contributed by atoms with E-state index in [-0.39, 0.29) is 31.0 Å². The van der Waals surface area contributed by atoms with Gasteiger partial charge >= 0.3 is 12.1 Å². The summed E-state index contributed by atoms with van der Waals surface area (Å²) in [5.41, 5.74) is 0.896. The van der Waals surface area contributed by atoms with Gasteiger partial charge in [0, 0.05) is 24.4 Å². The number of hydrogen-bond donors (Lipinski definition) is 4. The van der Waals surface area contributed by atoms with E-state index >= 15 is 0 Å². The zero-order valence-electron chi connectivity index (χ0n) is 28.6. The molecule has 3 amide bonds. The first-order chi connectivity index (χ1) is 25.2. The molecule has 4 aliphatic rings. The summed E-state index contributed by atoms with van der Waals surface area (Å²) in [7, 11) is 0. The Morgan fingerprint density at radius 3 is 2.46 bits per heavy atom. The molecule has 15 heteroatoms. The van der Waals surface area contributed by atoms with E-state index < -0.39 is 59.6 Å². The van der Waals surface area contributed by atoms with E-state index in [1.165, 1.54) is 32.3 Å². The zero-order chi connectivity index (χ0) is 36.4. The van der Waals surface area contributed by atoms with E-state index in [1.54, 1.807) is 6.20 Å². The summed E-state index contributed by atoms with van der Waals surface area (Å²) in [6.45, 7) is -0.0572. The third kappa shape index (κ3) is 7.30. The highest BCUT2D eigenvalue weighted by molar-refractivity contribution is 7.08. The first-order valence-electron chi connectivity index (χ1n) is 18.0. The number of allylic oxidation sites excluding steroid dienone is 1. The molecule has 0 aromatic carbocycles. The highest BCUT2D eigenvalue weighted by Gasteiger charge is 2.62. The fraction of sp³-hybridized carbons (Fsp3) is 0.514. The van der Waals surface area contributed by atoms with E-state index in [9.17, 15) is 34.2 Å². The lowest BCUT2D eigenvalue weighted by molar-refractivity contribution is -0.150. The van der Waals surface area contributed by atoms with Crippen LogP contribution >= 0.6 is 22.7 Å². The standard InChI is InChI=1S/C37H43N5O8S2/c43-31(35(47)48)37-17-24(37)8-4-2-1-3-5-11-28(39-36(49)50-26-9-6-7-10-26)33(45)41-19-25(16-29(41)32(44)40-37)42-34(46)30(23-13-15-52-21-23)27(18-38-42)22-12-14-51-20-22/h4,8,12-15,18,20-21,24-26,28-29,31,43H,1-3,5-7,9-11,16-17,19H2,(H,39,49)(H,40,44)(H,47,48)/b8-4-/t24-,25-,28+,29+,31?,37-/m1/s1. The van der Waals surface area contributed by atoms with Crippen molar-refractivity contribution in [1.29, 1.82) is 0 Å². The number of nitrogens with zero attached hydrogens (tertiary/aromatic N) is 3. The van der Waals surface area contributed by atoms with Crippen LogP contribution in [0.4, 0.5) is 4.79 Å². The molecule has 0 radical (unpaired) electrons. The maximum atomic E-state index is 14.5. The van der Waals surface area contributed by atoms with Gasteiger partial charge in [-0.25, -0.2) is 14.3 Å². The van der Waals surface area contributed by atoms with Crippen LogP contribution in [0.15, 0.2) is 56.8 Å². The monoisotopic (exact) mass is 749 g/mol. The Labute approximate surface area is 308 Å². The van der Waals surface area contributed by atoms with Crippen LogP contribution in [0.3, 0.4) is 0 Å². The lowest BCUT2D eigenvalue weighted by Gasteiger charge is -2.30. The SMILES string of the molecule is O=C(N[C@H]1CCCCC/C=C\[C@@H]2C[C@@]2(C(O)C(=O)O)NC(=O)[C@@H]2C[C@@H](n3ncc(-c4ccsc4)c(-c4ccsc4)c3=O)CN2C1=O)OC1CCCC1. The first kappa shape index (κ1) is 36.0. The van der Waals surface area contributed by atoms with Crippen LogP contribution in [-0.2, 0) is 19.1 Å². The molecule has 0 spiro atoms. The Hall–Kier alpha value is -4.34. The summed E-state index contributed by atoms with van der Waals surface area (Å²) >= 11 is 2.96. The number of fused-ring (bicyclic) bond motifs is 2. The van der Waals surface area contributed by atoms with Gasteiger partial charge in [0.05, 0.1) is 23.3 Å². The minimum atomic E-state index is -1.87. The van der Waals surface area contributed by atoms with Crippen molar-refractivity contribution in [3.8, 4) is 22.3 Å². The maximum absolute atomic E-state index is 14.5. The molecule has 1 saturated heterocycles. The van der Waals surface area contributed by atoms with Crippen molar-refractivity contribution in [2.45, 2.75) is 107 Å². The lowest BCUT2D eigenvalue weighted by atomic mass is 10.0. The Kier molecular flexibility index (Phi) is 10.6. The molecular formula is C37H43N5O8S2. The minimum absolute atomic E-state index is 0.00431. The predicted octanol–water partition coefficient (Wildman–Crippen LogP) is 4.72. The fourth-order valence-corrected chi connectivity index (χ4v) is 9.28. The molecule has 13 nitrogen and oxygen atoms in total. The van der Waals surface area contributed by atoms with Crippen LogP contribution in [0.5, 0.6) is 0 Å². The highest BCUT2D eigenvalue weighted by atomic mass is 32.1. The van der Waals surface area contributed by atoms with E-state index in [2.05, 4.69) is 15.7 Å². The number of rotatable bonds is 7. The van der Waals surface area contributed by atoms with Crippen LogP contribution in [0.1, 0.15) is 76.7 Å². The number of carboxylic acids is 1. The second kappa shape index (κ2) is 15.3. The van der Waals surface area contributed by atoms with Crippen LogP contribution in [0.25, 0.3) is 22.3 Å². The second-order valence-electron chi connectivity index (χ2n) is 14.3. The molecule has 0 bridgehead atoms. The van der Waals surface area contributed by atoms with Gasteiger partial charge in [0.2, 0.25) is 11.8 Å². The number of aliphatic carboxylic acids is 1. The third-order valence-electron chi connectivity index (χ3n) is 10.9. The molecule has 1 unspecified atom stereocenters. The van der Waals surface area contributed by atoms with Crippen molar-refractivity contribution >= 4 is 46.6 Å². The van der Waals surface area contributed by atoms with Gasteiger partial charge in [0.15, 0.2) is 6.10 Å². The van der Waals surface area contributed by atoms with Crippen molar-refractivity contribution in [1.82, 2.24) is 25.3 Å². The van der Waals surface area contributed by atoms with Crippen LogP contribution in [0, 0.1) is 5.92 Å². The molecule has 2 aliphatic heterocycles. The van der Waals surface area contributed by atoms with Crippen LogP contribution in [-0.4, -0.2) is 85.1 Å². The number of amides is 3. The quantitative estimate of drug-likeness (QED) is 0.249. The summed E-state index contributed by atoms with van der Waals surface area (Å²) < 4.78 is 6.98. The van der Waals surface area contributed by atoms with Gasteiger partial charge in [-0.3, -0.25) is 14.4 Å². The number of aliphatic hydroxyl groups is 1. The first-order valence-corrected chi connectivity index (χ1v) is 19.9. The molecule has 276 valence electrons. The third-order valence-corrected chi connectivity index (χ3v) is 12.3. The topological polar surface area (TPSA) is 180 Å². The van der Waals surface area contributed by atoms with E-state index in [0.717, 1.165) is 49.7 Å². The lowest BCUT2D eigenvalue weighted by Crippen LogP contribution is -2.58. The highest BCUT2D eigenvalue weighted by Crippen LogP contribution is 2.48. The van der Waals surface area contributed by atoms with Crippen LogP contribution < -0.4 is 16.2 Å². The molecule has 52 heavy (non-hydrogen) atoms. The van der Waals surface area contributed by atoms with Gasteiger partial charge in [-0.1, -0.05) is 25.0 Å². The van der Waals surface area contributed by atoms with Gasteiger partial charge in [-0.05, 0) is 96.1 Å². The number of aliphatic hydroxyl groups excluding tert-OH is 1. The van der Waals surface area contributed by atoms with Gasteiger partial charge in [-0.15, -0.1) is 0 Å². The summed E-state index contributed by atoms with van der Waals surface area (Å²) in [4.78, 5) is 69.7. The van der Waals surface area contributed by atoms with E-state index in [0.29, 0.717) is 30.4 Å². The molecule has 3 fully saturated rings. The molecule has 7 rings (SSSR count). The van der Waals surface area contributed by atoms with Crippen molar-refractivity contribution in [2.75, 3.05) is 6.54 Å². The Bertz CT molecular complexity index is 1870. The van der Waals surface area contributed by atoms with Crippen molar-refractivity contribution < 1.29 is 34.1 Å². The molecule has 2 saturated carbocycles. The van der Waals surface area contributed by atoms with Gasteiger partial charge < -0.3 is 30.5 Å². The number of nitrogens with one attached hydrogen (secondary N) is 2. The van der Waals surface area contributed by atoms with Gasteiger partial charge in [-0.2, -0.15) is 27.8 Å². The number of alkyl carbamates (subject to hydrolysis) is 1. The summed E-state index contributed by atoms with van der Waals surface area (Å²) in [6, 6.07) is 0.926. The van der Waals surface area contributed by atoms with Gasteiger partial charge in [0.25, 0.3) is 5.56 Å². The average Bonchev–Trinajstić information content (AvgIpc) is 3.81. The molecule has 6 atom stereocenters. The molecule has 3 aromatic rings. The summed E-state index contributed by atoms with van der Waals surface area (Å²) in [6.07, 6.45) is 9.56. The maximum Gasteiger partial charge on any atom is 0.408 e. The van der Waals surface area contributed by atoms with Gasteiger partial charge in [0.1, 0.15) is 18.2 Å². The second-order valence-corrected chi connectivity index (χ2v) is 15.8. The summed E-state index contributed by atoms with van der Waals surface area (Å²) in [5, 5.41) is 38.5. The number of carbonyl (C=O) groups is 4. The number of ether oxygens (including phenoxy) is 1. The predicted molar refractivity (Wildman–Crippen MR) is 195 cm³/mol. The minimum Gasteiger partial charge on any atom is -0.479 e.